The predicted octanol–water partition coefficient (Wildman–Crippen LogP) is 3.59. The Hall–Kier alpha value is -1.73. The molecule has 3 rings (SSSR count). The van der Waals surface area contributed by atoms with Crippen molar-refractivity contribution in [3.05, 3.63) is 35.1 Å². The molecule has 8 heteroatoms. The second-order valence-corrected chi connectivity index (χ2v) is 8.14. The van der Waals surface area contributed by atoms with Crippen LogP contribution in [0.1, 0.15) is 38.4 Å². The SMILES string of the molecule is CC(Sc1nnc(COc2ccccc2Cl)n1C)C(=O)NC1CCCC1. The van der Waals surface area contributed by atoms with E-state index in [-0.39, 0.29) is 17.8 Å². The van der Waals surface area contributed by atoms with Crippen molar-refractivity contribution in [1.29, 1.82) is 0 Å². The molecule has 6 nitrogen and oxygen atoms in total. The Bertz CT molecular complexity index is 761. The lowest BCUT2D eigenvalue weighted by molar-refractivity contribution is -0.120. The average molecular weight is 395 g/mol. The third-order valence-corrected chi connectivity index (χ3v) is 5.92. The second-order valence-electron chi connectivity index (χ2n) is 6.43. The molecule has 1 aromatic carbocycles. The fourth-order valence-corrected chi connectivity index (χ4v) is 3.91. The van der Waals surface area contributed by atoms with E-state index in [9.17, 15) is 4.79 Å². The molecular formula is C18H23ClN4O2S. The summed E-state index contributed by atoms with van der Waals surface area (Å²) in [5.41, 5.74) is 0. The van der Waals surface area contributed by atoms with Crippen LogP contribution < -0.4 is 10.1 Å². The smallest absolute Gasteiger partial charge is 0.233 e. The topological polar surface area (TPSA) is 69.0 Å². The number of hydrogen-bond acceptors (Lipinski definition) is 5. The standard InChI is InChI=1S/C18H23ClN4O2S/c1-12(17(24)20-13-7-3-4-8-13)26-18-22-21-16(23(18)2)11-25-15-10-6-5-9-14(15)19/h5-6,9-10,12-13H,3-4,7-8,11H2,1-2H3,(H,20,24). The van der Waals surface area contributed by atoms with Gasteiger partial charge in [-0.15, -0.1) is 10.2 Å². The summed E-state index contributed by atoms with van der Waals surface area (Å²) in [4.78, 5) is 12.3. The summed E-state index contributed by atoms with van der Waals surface area (Å²) in [6.45, 7) is 2.15. The molecule has 1 aliphatic rings. The first-order valence-corrected chi connectivity index (χ1v) is 10.0. The van der Waals surface area contributed by atoms with Crippen molar-refractivity contribution in [2.24, 2.45) is 7.05 Å². The highest BCUT2D eigenvalue weighted by Gasteiger charge is 2.23. The summed E-state index contributed by atoms with van der Waals surface area (Å²) in [5, 5.41) is 12.5. The molecule has 1 unspecified atom stereocenters. The number of aromatic nitrogens is 3. The monoisotopic (exact) mass is 394 g/mol. The molecule has 1 fully saturated rings. The summed E-state index contributed by atoms with van der Waals surface area (Å²) in [6, 6.07) is 7.63. The summed E-state index contributed by atoms with van der Waals surface area (Å²) < 4.78 is 7.56. The highest BCUT2D eigenvalue weighted by atomic mass is 35.5. The van der Waals surface area contributed by atoms with Gasteiger partial charge in [0.25, 0.3) is 0 Å². The molecule has 1 amide bonds. The van der Waals surface area contributed by atoms with Gasteiger partial charge in [0.2, 0.25) is 5.91 Å². The van der Waals surface area contributed by atoms with Gasteiger partial charge in [-0.05, 0) is 31.9 Å². The van der Waals surface area contributed by atoms with Crippen molar-refractivity contribution in [2.75, 3.05) is 0 Å². The largest absolute Gasteiger partial charge is 0.484 e. The number of benzene rings is 1. The van der Waals surface area contributed by atoms with E-state index >= 15 is 0 Å². The molecule has 0 saturated heterocycles. The van der Waals surface area contributed by atoms with Crippen LogP contribution >= 0.6 is 23.4 Å². The first kappa shape index (κ1) is 19.0. The van der Waals surface area contributed by atoms with Gasteiger partial charge < -0.3 is 14.6 Å². The highest BCUT2D eigenvalue weighted by molar-refractivity contribution is 8.00. The summed E-state index contributed by atoms with van der Waals surface area (Å²) in [5.74, 6) is 1.34. The van der Waals surface area contributed by atoms with E-state index < -0.39 is 0 Å². The number of amides is 1. The van der Waals surface area contributed by atoms with E-state index in [0.29, 0.717) is 27.8 Å². The van der Waals surface area contributed by atoms with Crippen LogP contribution in [-0.2, 0) is 18.4 Å². The van der Waals surface area contributed by atoms with Crippen molar-refractivity contribution >= 4 is 29.3 Å². The van der Waals surface area contributed by atoms with E-state index in [1.807, 2.05) is 36.7 Å². The molecule has 0 aliphatic heterocycles. The van der Waals surface area contributed by atoms with E-state index in [1.165, 1.54) is 24.6 Å². The number of hydrogen-bond donors (Lipinski definition) is 1. The van der Waals surface area contributed by atoms with Gasteiger partial charge in [-0.2, -0.15) is 0 Å². The van der Waals surface area contributed by atoms with Crippen LogP contribution in [0.5, 0.6) is 5.75 Å². The Labute approximate surface area is 162 Å². The van der Waals surface area contributed by atoms with Crippen LogP contribution in [0.25, 0.3) is 0 Å². The number of rotatable bonds is 7. The van der Waals surface area contributed by atoms with Crippen molar-refractivity contribution in [3.63, 3.8) is 0 Å². The highest BCUT2D eigenvalue weighted by Crippen LogP contribution is 2.26. The molecule has 1 N–H and O–H groups in total. The number of ether oxygens (including phenoxy) is 1. The number of nitrogens with zero attached hydrogens (tertiary/aromatic N) is 3. The van der Waals surface area contributed by atoms with Gasteiger partial charge in [0.15, 0.2) is 11.0 Å². The van der Waals surface area contributed by atoms with Crippen LogP contribution in [0.4, 0.5) is 0 Å². The Balaban J connectivity index is 1.56. The first-order valence-electron chi connectivity index (χ1n) is 8.77. The Morgan fingerprint density at radius 2 is 2.12 bits per heavy atom. The van der Waals surface area contributed by atoms with E-state index in [0.717, 1.165) is 12.8 Å². The number of halogens is 1. The third-order valence-electron chi connectivity index (χ3n) is 4.47. The maximum absolute atomic E-state index is 12.3. The molecule has 1 heterocycles. The molecule has 2 aromatic rings. The summed E-state index contributed by atoms with van der Waals surface area (Å²) >= 11 is 7.50. The lowest BCUT2D eigenvalue weighted by Crippen LogP contribution is -2.37. The van der Waals surface area contributed by atoms with Gasteiger partial charge >= 0.3 is 0 Å². The van der Waals surface area contributed by atoms with Crippen LogP contribution in [0.3, 0.4) is 0 Å². The number of nitrogens with one attached hydrogen (secondary N) is 1. The van der Waals surface area contributed by atoms with Crippen LogP contribution in [-0.4, -0.2) is 32.0 Å². The van der Waals surface area contributed by atoms with Crippen LogP contribution in [0.2, 0.25) is 5.02 Å². The minimum absolute atomic E-state index is 0.0544. The second kappa shape index (κ2) is 8.77. The molecule has 0 bridgehead atoms. The van der Waals surface area contributed by atoms with Crippen LogP contribution in [0, 0.1) is 0 Å². The van der Waals surface area contributed by atoms with Crippen molar-refractivity contribution in [3.8, 4) is 5.75 Å². The Morgan fingerprint density at radius 1 is 1.38 bits per heavy atom. The fourth-order valence-electron chi connectivity index (χ4n) is 2.88. The van der Waals surface area contributed by atoms with Crippen molar-refractivity contribution in [2.45, 2.75) is 55.7 Å². The summed E-state index contributed by atoms with van der Waals surface area (Å²) in [7, 11) is 1.87. The minimum Gasteiger partial charge on any atom is -0.484 e. The molecule has 1 atom stereocenters. The minimum atomic E-state index is -0.226. The molecule has 0 spiro atoms. The lowest BCUT2D eigenvalue weighted by atomic mass is 10.2. The first-order chi connectivity index (χ1) is 12.5. The number of thioether (sulfide) groups is 1. The maximum Gasteiger partial charge on any atom is 0.233 e. The lowest BCUT2D eigenvalue weighted by Gasteiger charge is -2.16. The molecule has 26 heavy (non-hydrogen) atoms. The Kier molecular flexibility index (Phi) is 6.43. The Morgan fingerprint density at radius 3 is 2.85 bits per heavy atom. The molecule has 1 aliphatic carbocycles. The average Bonchev–Trinajstić information content (AvgIpc) is 3.25. The van der Waals surface area contributed by atoms with Gasteiger partial charge in [-0.3, -0.25) is 4.79 Å². The molecular weight excluding hydrogens is 372 g/mol. The van der Waals surface area contributed by atoms with E-state index in [2.05, 4.69) is 15.5 Å². The van der Waals surface area contributed by atoms with Crippen LogP contribution in [0.15, 0.2) is 29.4 Å². The maximum atomic E-state index is 12.3. The number of carbonyl (C=O) groups is 1. The van der Waals surface area contributed by atoms with Gasteiger partial charge in [-0.25, -0.2) is 0 Å². The van der Waals surface area contributed by atoms with Gasteiger partial charge in [-0.1, -0.05) is 48.3 Å². The van der Waals surface area contributed by atoms with Crippen molar-refractivity contribution in [1.82, 2.24) is 20.1 Å². The predicted molar refractivity (Wildman–Crippen MR) is 103 cm³/mol. The van der Waals surface area contributed by atoms with Gasteiger partial charge in [0.1, 0.15) is 12.4 Å². The summed E-state index contributed by atoms with van der Waals surface area (Å²) in [6.07, 6.45) is 4.56. The van der Waals surface area contributed by atoms with E-state index in [1.54, 1.807) is 6.07 Å². The van der Waals surface area contributed by atoms with Gasteiger partial charge in [0.05, 0.1) is 10.3 Å². The zero-order valence-corrected chi connectivity index (χ0v) is 16.5. The quantitative estimate of drug-likeness (QED) is 0.727. The van der Waals surface area contributed by atoms with Gasteiger partial charge in [0, 0.05) is 13.1 Å². The molecule has 140 valence electrons. The zero-order chi connectivity index (χ0) is 18.5. The zero-order valence-electron chi connectivity index (χ0n) is 14.9. The fraction of sp³-hybridized carbons (Fsp3) is 0.500. The van der Waals surface area contributed by atoms with E-state index in [4.69, 9.17) is 16.3 Å². The number of carbonyl (C=O) groups excluding carboxylic acids is 1. The molecule has 0 radical (unpaired) electrons. The third kappa shape index (κ3) is 4.71. The normalized spacial score (nSPS) is 15.8. The number of para-hydroxylation sites is 1. The van der Waals surface area contributed by atoms with Crippen molar-refractivity contribution < 1.29 is 9.53 Å². The molecule has 1 saturated carbocycles. The molecule has 1 aromatic heterocycles.